The molecule has 214 valence electrons. The third kappa shape index (κ3) is 7.76. The molecule has 0 spiro atoms. The maximum atomic E-state index is 2.65. The van der Waals surface area contributed by atoms with Gasteiger partial charge in [-0.05, 0) is 54.8 Å². The summed E-state index contributed by atoms with van der Waals surface area (Å²) in [7, 11) is 0. The van der Waals surface area contributed by atoms with Crippen LogP contribution < -0.4 is 0 Å². The van der Waals surface area contributed by atoms with Crippen LogP contribution in [0.15, 0.2) is 69.9 Å². The summed E-state index contributed by atoms with van der Waals surface area (Å²) in [6, 6.07) is 0. The van der Waals surface area contributed by atoms with E-state index >= 15 is 0 Å². The Bertz CT molecular complexity index is 985. The number of hydrogen-bond acceptors (Lipinski definition) is 0. The molecule has 0 fully saturated rings. The lowest BCUT2D eigenvalue weighted by molar-refractivity contribution is 0.373. The molecule has 2 aliphatic rings. The van der Waals surface area contributed by atoms with Gasteiger partial charge in [-0.1, -0.05) is 172 Å². The Hall–Kier alpha value is -1.56. The summed E-state index contributed by atoms with van der Waals surface area (Å²) >= 11 is 0. The van der Waals surface area contributed by atoms with Crippen LogP contribution in [0.25, 0.3) is 0 Å². The molecule has 0 heterocycles. The van der Waals surface area contributed by atoms with Gasteiger partial charge in [0.2, 0.25) is 0 Å². The molecule has 0 aromatic rings. The van der Waals surface area contributed by atoms with Gasteiger partial charge in [0.1, 0.15) is 0 Å². The van der Waals surface area contributed by atoms with E-state index < -0.39 is 0 Å². The van der Waals surface area contributed by atoms with Crippen molar-refractivity contribution in [3.05, 3.63) is 69.9 Å². The lowest BCUT2D eigenvalue weighted by Gasteiger charge is -2.39. The van der Waals surface area contributed by atoms with E-state index in [-0.39, 0.29) is 44.3 Å². The van der Waals surface area contributed by atoms with Crippen LogP contribution in [0.5, 0.6) is 0 Å². The van der Waals surface area contributed by atoms with E-state index in [1.807, 2.05) is 0 Å². The van der Waals surface area contributed by atoms with Crippen LogP contribution in [0.1, 0.15) is 125 Å². The van der Waals surface area contributed by atoms with Crippen molar-refractivity contribution >= 4 is 0 Å². The Morgan fingerprint density at radius 1 is 0.316 bits per heavy atom. The molecule has 0 N–H and O–H groups in total. The number of hydrogen-bond donors (Lipinski definition) is 0. The summed E-state index contributed by atoms with van der Waals surface area (Å²) in [6.07, 6.45) is 15.5. The molecular formula is C38H62. The van der Waals surface area contributed by atoms with Crippen LogP contribution in [0.2, 0.25) is 0 Å². The van der Waals surface area contributed by atoms with E-state index in [4.69, 9.17) is 0 Å². The molecule has 0 aromatic heterocycles. The molecule has 0 aromatic carbocycles. The molecule has 0 saturated carbocycles. The summed E-state index contributed by atoms with van der Waals surface area (Å²) in [5.74, 6) is 0.576. The monoisotopic (exact) mass is 518 g/mol. The fourth-order valence-corrected chi connectivity index (χ4v) is 5.43. The minimum atomic E-state index is 0.0458. The summed E-state index contributed by atoms with van der Waals surface area (Å²) < 4.78 is 0. The van der Waals surface area contributed by atoms with Crippen LogP contribution in [0, 0.1) is 44.3 Å². The molecule has 0 aliphatic heterocycles. The zero-order valence-electron chi connectivity index (χ0n) is 28.6. The average molecular weight is 519 g/mol. The fraction of sp³-hybridized carbons (Fsp3) is 0.684. The van der Waals surface area contributed by atoms with Crippen LogP contribution in [-0.2, 0) is 0 Å². The first kappa shape index (κ1) is 32.7. The second kappa shape index (κ2) is 10.1. The van der Waals surface area contributed by atoms with Gasteiger partial charge in [-0.2, -0.15) is 0 Å². The Kier molecular flexibility index (Phi) is 8.70. The minimum Gasteiger partial charge on any atom is -0.0726 e. The fourth-order valence-electron chi connectivity index (χ4n) is 5.43. The van der Waals surface area contributed by atoms with Crippen LogP contribution in [-0.4, -0.2) is 0 Å². The van der Waals surface area contributed by atoms with Crippen molar-refractivity contribution in [1.82, 2.24) is 0 Å². The summed E-state index contributed by atoms with van der Waals surface area (Å²) in [5, 5.41) is 0. The van der Waals surface area contributed by atoms with Crippen molar-refractivity contribution in [2.75, 3.05) is 0 Å². The summed E-state index contributed by atoms with van der Waals surface area (Å²) in [5.41, 5.74) is 9.26. The van der Waals surface area contributed by atoms with E-state index in [1.54, 1.807) is 11.1 Å². The lowest BCUT2D eigenvalue weighted by atomic mass is 9.65. The quantitative estimate of drug-likeness (QED) is 0.324. The van der Waals surface area contributed by atoms with E-state index in [0.29, 0.717) is 0 Å². The highest BCUT2D eigenvalue weighted by molar-refractivity contribution is 5.50. The highest BCUT2D eigenvalue weighted by Crippen LogP contribution is 2.51. The highest BCUT2D eigenvalue weighted by atomic mass is 14.4. The molecule has 2 unspecified atom stereocenters. The molecule has 0 nitrogen and oxygen atoms in total. The summed E-state index contributed by atoms with van der Waals surface area (Å²) in [6.45, 7) is 42.9. The third-order valence-electron chi connectivity index (χ3n) is 8.26. The average Bonchev–Trinajstić information content (AvgIpc) is 2.98. The molecule has 0 radical (unpaired) electrons. The molecular weight excluding hydrogens is 456 g/mol. The number of allylic oxidation sites excluding steroid dienone is 12. The van der Waals surface area contributed by atoms with Crippen molar-refractivity contribution < 1.29 is 0 Å². The van der Waals surface area contributed by atoms with Gasteiger partial charge in [-0.15, -0.1) is 0 Å². The van der Waals surface area contributed by atoms with E-state index in [2.05, 4.69) is 161 Å². The maximum Gasteiger partial charge on any atom is 0.00920 e. The molecule has 2 rings (SSSR count). The maximum absolute atomic E-state index is 2.65. The molecule has 0 saturated heterocycles. The van der Waals surface area contributed by atoms with Gasteiger partial charge in [-0.3, -0.25) is 0 Å². The van der Waals surface area contributed by atoms with Gasteiger partial charge in [-0.25, -0.2) is 0 Å². The molecule has 0 amide bonds. The normalized spacial score (nSPS) is 22.9. The van der Waals surface area contributed by atoms with Gasteiger partial charge < -0.3 is 0 Å². The van der Waals surface area contributed by atoms with E-state index in [1.165, 1.54) is 22.3 Å². The van der Waals surface area contributed by atoms with Crippen LogP contribution in [0.4, 0.5) is 0 Å². The van der Waals surface area contributed by atoms with E-state index in [9.17, 15) is 0 Å². The number of rotatable bonds is 1. The lowest BCUT2D eigenvalue weighted by Crippen LogP contribution is -2.29. The standard InChI is InChI=1S/C38H62/c1-33(2,3)25-19-27(35(7,8)9)23-31(37(13,14)15)29(21-25)30-22-26(34(4,5)6)20-28(36(10,11)12)24-32(30)38(16,17)18/h19-24,29-30H,1-18H3. The van der Waals surface area contributed by atoms with Crippen molar-refractivity contribution in [2.45, 2.75) is 125 Å². The van der Waals surface area contributed by atoms with Crippen molar-refractivity contribution in [3.8, 4) is 0 Å². The van der Waals surface area contributed by atoms with E-state index in [0.717, 1.165) is 0 Å². The zero-order chi connectivity index (χ0) is 29.9. The van der Waals surface area contributed by atoms with Crippen LogP contribution in [0.3, 0.4) is 0 Å². The zero-order valence-corrected chi connectivity index (χ0v) is 28.6. The van der Waals surface area contributed by atoms with Gasteiger partial charge >= 0.3 is 0 Å². The molecule has 0 bridgehead atoms. The topological polar surface area (TPSA) is 0 Å². The highest BCUT2D eigenvalue weighted by Gasteiger charge is 2.39. The van der Waals surface area contributed by atoms with Gasteiger partial charge in [0.15, 0.2) is 0 Å². The van der Waals surface area contributed by atoms with Crippen LogP contribution >= 0.6 is 0 Å². The Morgan fingerprint density at radius 3 is 0.737 bits per heavy atom. The second-order valence-corrected chi connectivity index (χ2v) is 18.2. The molecule has 2 atom stereocenters. The first-order chi connectivity index (χ1) is 16.6. The van der Waals surface area contributed by atoms with Gasteiger partial charge in [0, 0.05) is 11.8 Å². The van der Waals surface area contributed by atoms with Gasteiger partial charge in [0.05, 0.1) is 0 Å². The smallest absolute Gasteiger partial charge is 0.00920 e. The first-order valence-electron chi connectivity index (χ1n) is 15.0. The molecule has 2 aliphatic carbocycles. The predicted octanol–water partition coefficient (Wildman–Crippen LogP) is 12.1. The predicted molar refractivity (Wildman–Crippen MR) is 172 cm³/mol. The van der Waals surface area contributed by atoms with Crippen molar-refractivity contribution in [2.24, 2.45) is 44.3 Å². The largest absolute Gasteiger partial charge is 0.0726 e. The van der Waals surface area contributed by atoms with Crippen molar-refractivity contribution in [3.63, 3.8) is 0 Å². The summed E-state index contributed by atoms with van der Waals surface area (Å²) in [4.78, 5) is 0. The SMILES string of the molecule is CC(C)(C)C1=CC(C(C)(C)C)=CC(C2C=C(C(C)(C)C)C=C(C(C)(C)C)C=C2C(C)(C)C)C(C(C)(C)C)=C1. The molecule has 38 heavy (non-hydrogen) atoms. The van der Waals surface area contributed by atoms with Gasteiger partial charge in [0.25, 0.3) is 0 Å². The molecule has 0 heteroatoms. The second-order valence-electron chi connectivity index (χ2n) is 18.2. The Morgan fingerprint density at radius 2 is 0.553 bits per heavy atom. The Labute approximate surface area is 238 Å². The Balaban J connectivity index is 3.08. The minimum absolute atomic E-state index is 0.0458. The van der Waals surface area contributed by atoms with Crippen molar-refractivity contribution in [1.29, 1.82) is 0 Å². The third-order valence-corrected chi connectivity index (χ3v) is 8.26. The first-order valence-corrected chi connectivity index (χ1v) is 15.0.